The molecule has 3 heteroatoms. The summed E-state index contributed by atoms with van der Waals surface area (Å²) in [6.07, 6.45) is 1.32. The monoisotopic (exact) mass is 318 g/mol. The van der Waals surface area contributed by atoms with E-state index in [1.807, 2.05) is 30.3 Å². The van der Waals surface area contributed by atoms with Crippen LogP contribution < -0.4 is 0 Å². The molecule has 1 aliphatic rings. The Bertz CT molecular complexity index is 651. The van der Waals surface area contributed by atoms with Crippen LogP contribution >= 0.6 is 15.9 Å². The van der Waals surface area contributed by atoms with Gasteiger partial charge in [0, 0.05) is 11.5 Å². The van der Waals surface area contributed by atoms with E-state index in [1.165, 1.54) is 6.07 Å². The maximum absolute atomic E-state index is 13.5. The molecular weight excluding hydrogens is 307 g/mol. The maximum atomic E-state index is 13.5. The van der Waals surface area contributed by atoms with Crippen LogP contribution in [0.3, 0.4) is 0 Å². The van der Waals surface area contributed by atoms with Crippen LogP contribution in [0.1, 0.15) is 21.5 Å². The van der Waals surface area contributed by atoms with Gasteiger partial charge in [0.2, 0.25) is 0 Å². The van der Waals surface area contributed by atoms with Crippen molar-refractivity contribution in [3.63, 3.8) is 0 Å². The molecule has 96 valence electrons. The van der Waals surface area contributed by atoms with Crippen LogP contribution in [-0.2, 0) is 12.8 Å². The van der Waals surface area contributed by atoms with E-state index in [-0.39, 0.29) is 17.5 Å². The summed E-state index contributed by atoms with van der Waals surface area (Å²) in [6.45, 7) is 0. The summed E-state index contributed by atoms with van der Waals surface area (Å²) < 4.78 is 14.0. The van der Waals surface area contributed by atoms with Crippen molar-refractivity contribution in [3.05, 3.63) is 69.4 Å². The van der Waals surface area contributed by atoms with Gasteiger partial charge in [0.15, 0.2) is 5.78 Å². The van der Waals surface area contributed by atoms with Crippen molar-refractivity contribution in [3.8, 4) is 0 Å². The van der Waals surface area contributed by atoms with E-state index in [1.54, 1.807) is 6.07 Å². The molecule has 0 aliphatic heterocycles. The standard InChI is InChI=1S/C16H12BrFO/c17-15-11(5-3-7-14(15)18)9-12-8-10-4-1-2-6-13(10)16(12)19/h1-7,12H,8-9H2. The summed E-state index contributed by atoms with van der Waals surface area (Å²) in [7, 11) is 0. The molecule has 0 fully saturated rings. The number of Topliss-reactive ketones (excluding diaryl/α,β-unsaturated/α-hetero) is 1. The lowest BCUT2D eigenvalue weighted by atomic mass is 9.96. The summed E-state index contributed by atoms with van der Waals surface area (Å²) in [5, 5.41) is 0. The molecule has 2 aromatic rings. The van der Waals surface area contributed by atoms with Crippen molar-refractivity contribution in [1.29, 1.82) is 0 Å². The molecule has 1 unspecified atom stereocenters. The normalized spacial score (nSPS) is 17.6. The van der Waals surface area contributed by atoms with Crippen LogP contribution in [0.5, 0.6) is 0 Å². The zero-order valence-electron chi connectivity index (χ0n) is 10.2. The van der Waals surface area contributed by atoms with Gasteiger partial charge in [-0.15, -0.1) is 0 Å². The number of ketones is 1. The molecule has 1 aliphatic carbocycles. The van der Waals surface area contributed by atoms with Crippen molar-refractivity contribution < 1.29 is 9.18 Å². The van der Waals surface area contributed by atoms with Gasteiger partial charge in [0.25, 0.3) is 0 Å². The highest BCUT2D eigenvalue weighted by Gasteiger charge is 2.30. The lowest BCUT2D eigenvalue weighted by molar-refractivity contribution is 0.0936. The lowest BCUT2D eigenvalue weighted by Crippen LogP contribution is -2.12. The van der Waals surface area contributed by atoms with Crippen LogP contribution in [-0.4, -0.2) is 5.78 Å². The van der Waals surface area contributed by atoms with Gasteiger partial charge in [-0.3, -0.25) is 4.79 Å². The molecule has 3 rings (SSSR count). The Labute approximate surface area is 119 Å². The highest BCUT2D eigenvalue weighted by molar-refractivity contribution is 9.10. The predicted molar refractivity (Wildman–Crippen MR) is 75.8 cm³/mol. The van der Waals surface area contributed by atoms with Crippen molar-refractivity contribution >= 4 is 21.7 Å². The smallest absolute Gasteiger partial charge is 0.166 e. The maximum Gasteiger partial charge on any atom is 0.166 e. The van der Waals surface area contributed by atoms with E-state index in [4.69, 9.17) is 0 Å². The van der Waals surface area contributed by atoms with Gasteiger partial charge < -0.3 is 0 Å². The highest BCUT2D eigenvalue weighted by Crippen LogP contribution is 2.31. The molecule has 0 amide bonds. The van der Waals surface area contributed by atoms with Crippen LogP contribution in [0.4, 0.5) is 4.39 Å². The lowest BCUT2D eigenvalue weighted by Gasteiger charge is -2.10. The van der Waals surface area contributed by atoms with Crippen LogP contribution in [0, 0.1) is 11.7 Å². The van der Waals surface area contributed by atoms with E-state index >= 15 is 0 Å². The number of hydrogen-bond donors (Lipinski definition) is 0. The Morgan fingerprint density at radius 2 is 1.95 bits per heavy atom. The number of rotatable bonds is 2. The van der Waals surface area contributed by atoms with E-state index in [0.717, 1.165) is 23.1 Å². The van der Waals surface area contributed by atoms with Crippen LogP contribution in [0.25, 0.3) is 0 Å². The Morgan fingerprint density at radius 1 is 1.16 bits per heavy atom. The van der Waals surface area contributed by atoms with Crippen molar-refractivity contribution in [1.82, 2.24) is 0 Å². The second-order valence-electron chi connectivity index (χ2n) is 4.84. The average Bonchev–Trinajstić information content (AvgIpc) is 2.73. The van der Waals surface area contributed by atoms with Gasteiger partial charge in [0.1, 0.15) is 5.82 Å². The van der Waals surface area contributed by atoms with E-state index in [2.05, 4.69) is 15.9 Å². The van der Waals surface area contributed by atoms with Gasteiger partial charge in [-0.1, -0.05) is 36.4 Å². The Balaban J connectivity index is 1.87. The number of carbonyl (C=O) groups excluding carboxylic acids is 1. The number of carbonyl (C=O) groups is 1. The minimum Gasteiger partial charge on any atom is -0.294 e. The number of hydrogen-bond acceptors (Lipinski definition) is 1. The van der Waals surface area contributed by atoms with Crippen molar-refractivity contribution in [2.45, 2.75) is 12.8 Å². The first-order valence-corrected chi connectivity index (χ1v) is 7.01. The van der Waals surface area contributed by atoms with Gasteiger partial charge in [-0.2, -0.15) is 0 Å². The molecule has 0 bridgehead atoms. The third-order valence-corrected chi connectivity index (χ3v) is 4.51. The first kappa shape index (κ1) is 12.5. The number of fused-ring (bicyclic) bond motifs is 1. The molecule has 0 N–H and O–H groups in total. The predicted octanol–water partition coefficient (Wildman–Crippen LogP) is 4.19. The van der Waals surface area contributed by atoms with E-state index < -0.39 is 0 Å². The minimum atomic E-state index is -0.277. The largest absolute Gasteiger partial charge is 0.294 e. The quantitative estimate of drug-likeness (QED) is 0.811. The third-order valence-electron chi connectivity index (χ3n) is 3.62. The fourth-order valence-corrected chi connectivity index (χ4v) is 3.08. The van der Waals surface area contributed by atoms with Gasteiger partial charge >= 0.3 is 0 Å². The SMILES string of the molecule is O=C1c2ccccc2CC1Cc1cccc(F)c1Br. The van der Waals surface area contributed by atoms with Gasteiger partial charge in [0.05, 0.1) is 4.47 Å². The van der Waals surface area contributed by atoms with Crippen LogP contribution in [0.2, 0.25) is 0 Å². The molecule has 1 nitrogen and oxygen atoms in total. The summed E-state index contributed by atoms with van der Waals surface area (Å²) >= 11 is 3.26. The highest BCUT2D eigenvalue weighted by atomic mass is 79.9. The number of benzene rings is 2. The molecule has 1 atom stereocenters. The molecule has 0 heterocycles. The molecule has 0 saturated carbocycles. The topological polar surface area (TPSA) is 17.1 Å². The molecule has 0 spiro atoms. The number of halogens is 2. The van der Waals surface area contributed by atoms with Gasteiger partial charge in [-0.05, 0) is 46.0 Å². The van der Waals surface area contributed by atoms with Crippen LogP contribution in [0.15, 0.2) is 46.9 Å². The Hall–Kier alpha value is -1.48. The first-order chi connectivity index (χ1) is 9.16. The summed E-state index contributed by atoms with van der Waals surface area (Å²) in [6, 6.07) is 12.7. The van der Waals surface area contributed by atoms with Crippen molar-refractivity contribution in [2.75, 3.05) is 0 Å². The van der Waals surface area contributed by atoms with E-state index in [0.29, 0.717) is 10.9 Å². The van der Waals surface area contributed by atoms with Gasteiger partial charge in [-0.25, -0.2) is 4.39 Å². The third kappa shape index (κ3) is 2.23. The fourth-order valence-electron chi connectivity index (χ4n) is 2.65. The fraction of sp³-hybridized carbons (Fsp3) is 0.188. The first-order valence-electron chi connectivity index (χ1n) is 6.22. The summed E-state index contributed by atoms with van der Waals surface area (Å²) in [4.78, 5) is 12.3. The molecule has 19 heavy (non-hydrogen) atoms. The molecule has 2 aromatic carbocycles. The van der Waals surface area contributed by atoms with Crippen molar-refractivity contribution in [2.24, 2.45) is 5.92 Å². The average molecular weight is 319 g/mol. The molecule has 0 saturated heterocycles. The Morgan fingerprint density at radius 3 is 2.74 bits per heavy atom. The Kier molecular flexibility index (Phi) is 3.23. The second kappa shape index (κ2) is 4.89. The minimum absolute atomic E-state index is 0.0736. The zero-order chi connectivity index (χ0) is 13.4. The zero-order valence-corrected chi connectivity index (χ0v) is 11.8. The summed E-state index contributed by atoms with van der Waals surface area (Å²) in [5.41, 5.74) is 2.77. The van der Waals surface area contributed by atoms with E-state index in [9.17, 15) is 9.18 Å². The molecule has 0 aromatic heterocycles. The second-order valence-corrected chi connectivity index (χ2v) is 5.63. The summed E-state index contributed by atoms with van der Waals surface area (Å²) in [5.74, 6) is -0.178. The molecular formula is C16H12BrFO. The molecule has 0 radical (unpaired) electrons.